The molecule has 0 bridgehead atoms. The Kier molecular flexibility index (Phi) is 3.14. The average molecular weight is 334 g/mol. The number of halogens is 2. The van der Waals surface area contributed by atoms with E-state index in [1.807, 2.05) is 0 Å². The maximum Gasteiger partial charge on any atom is 0.266 e. The lowest BCUT2D eigenvalue weighted by Gasteiger charge is -2.14. The second-order valence-corrected chi connectivity index (χ2v) is 4.96. The number of hydrogen-bond acceptors (Lipinski definition) is 2. The first-order valence-corrected chi connectivity index (χ1v) is 7.08. The Labute approximate surface area is 123 Å². The van der Waals surface area contributed by atoms with E-state index in [1.54, 1.807) is 36.4 Å². The highest BCUT2D eigenvalue weighted by Gasteiger charge is 2.36. The molecule has 3 rings (SSSR count). The predicted octanol–water partition coefficient (Wildman–Crippen LogP) is 3.52. The first kappa shape index (κ1) is 13.0. The second-order valence-electron chi connectivity index (χ2n) is 4.40. The summed E-state index contributed by atoms with van der Waals surface area (Å²) >= 11 is 3.18. The molecule has 0 radical (unpaired) electrons. The summed E-state index contributed by atoms with van der Waals surface area (Å²) in [5, 5.41) is 0.376. The van der Waals surface area contributed by atoms with E-state index in [-0.39, 0.29) is 5.69 Å². The Balaban J connectivity index is 2.07. The summed E-state index contributed by atoms with van der Waals surface area (Å²) in [4.78, 5) is 25.5. The van der Waals surface area contributed by atoms with Crippen LogP contribution in [0.1, 0.15) is 26.3 Å². The molecule has 0 saturated carbocycles. The molecule has 1 heterocycles. The van der Waals surface area contributed by atoms with Crippen molar-refractivity contribution in [1.82, 2.24) is 0 Å². The van der Waals surface area contributed by atoms with Gasteiger partial charge in [0.05, 0.1) is 16.8 Å². The third kappa shape index (κ3) is 1.86. The van der Waals surface area contributed by atoms with Gasteiger partial charge < -0.3 is 0 Å². The monoisotopic (exact) mass is 333 g/mol. The Morgan fingerprint density at radius 3 is 2.10 bits per heavy atom. The molecule has 0 aliphatic carbocycles. The van der Waals surface area contributed by atoms with E-state index >= 15 is 0 Å². The van der Waals surface area contributed by atoms with Crippen LogP contribution >= 0.6 is 15.9 Å². The molecule has 2 aromatic carbocycles. The predicted molar refractivity (Wildman–Crippen MR) is 76.6 cm³/mol. The van der Waals surface area contributed by atoms with Crippen LogP contribution < -0.4 is 4.90 Å². The van der Waals surface area contributed by atoms with Crippen LogP contribution in [0.15, 0.2) is 42.5 Å². The molecule has 2 amide bonds. The zero-order valence-electron chi connectivity index (χ0n) is 10.3. The molecule has 0 unspecified atom stereocenters. The van der Waals surface area contributed by atoms with Gasteiger partial charge in [0.1, 0.15) is 5.82 Å². The molecule has 20 heavy (non-hydrogen) atoms. The lowest BCUT2D eigenvalue weighted by molar-refractivity contribution is 0.0926. The van der Waals surface area contributed by atoms with Crippen LogP contribution in [0.25, 0.3) is 0 Å². The second kappa shape index (κ2) is 4.83. The van der Waals surface area contributed by atoms with Crippen molar-refractivity contribution in [3.8, 4) is 0 Å². The van der Waals surface area contributed by atoms with Gasteiger partial charge in [-0.15, -0.1) is 0 Å². The van der Waals surface area contributed by atoms with Gasteiger partial charge in [-0.1, -0.05) is 34.1 Å². The minimum atomic E-state index is -0.448. The zero-order valence-corrected chi connectivity index (χ0v) is 11.9. The van der Waals surface area contributed by atoms with Gasteiger partial charge in [0.2, 0.25) is 0 Å². The maximum absolute atomic E-state index is 13.8. The summed E-state index contributed by atoms with van der Waals surface area (Å²) in [6, 6.07) is 10.9. The van der Waals surface area contributed by atoms with E-state index in [9.17, 15) is 14.0 Å². The number of nitrogens with zero attached hydrogens (tertiary/aromatic N) is 1. The number of hydrogen-bond donors (Lipinski definition) is 0. The van der Waals surface area contributed by atoms with E-state index in [2.05, 4.69) is 15.9 Å². The van der Waals surface area contributed by atoms with Gasteiger partial charge in [-0.05, 0) is 29.8 Å². The molecule has 0 N–H and O–H groups in total. The standard InChI is InChI=1S/C15H9BrFNO2/c16-8-9-5-6-10(7-13(9)17)18-14(19)11-3-1-2-4-12(11)15(18)20/h1-7H,8H2. The van der Waals surface area contributed by atoms with Crippen molar-refractivity contribution in [1.29, 1.82) is 0 Å². The van der Waals surface area contributed by atoms with Gasteiger partial charge in [0.25, 0.3) is 11.8 Å². The van der Waals surface area contributed by atoms with E-state index in [0.29, 0.717) is 22.0 Å². The van der Waals surface area contributed by atoms with Gasteiger partial charge in [-0.3, -0.25) is 9.59 Å². The van der Waals surface area contributed by atoms with Crippen LogP contribution in [-0.2, 0) is 5.33 Å². The van der Waals surface area contributed by atoms with Crippen molar-refractivity contribution in [3.05, 3.63) is 65.0 Å². The topological polar surface area (TPSA) is 37.4 Å². The number of anilines is 1. The van der Waals surface area contributed by atoms with Crippen LogP contribution in [0, 0.1) is 5.82 Å². The summed E-state index contributed by atoms with van der Waals surface area (Å²) in [6.07, 6.45) is 0. The third-order valence-electron chi connectivity index (χ3n) is 3.23. The average Bonchev–Trinajstić information content (AvgIpc) is 2.71. The number of imide groups is 1. The Bertz CT molecular complexity index is 695. The zero-order chi connectivity index (χ0) is 14.3. The number of benzene rings is 2. The van der Waals surface area contributed by atoms with Gasteiger partial charge in [0.15, 0.2) is 0 Å². The van der Waals surface area contributed by atoms with Crippen molar-refractivity contribution in [2.24, 2.45) is 0 Å². The molecule has 1 aliphatic rings. The molecule has 0 atom stereocenters. The minimum absolute atomic E-state index is 0.249. The number of rotatable bonds is 2. The molecule has 5 heteroatoms. The number of alkyl halides is 1. The molecule has 100 valence electrons. The van der Waals surface area contributed by atoms with Crippen LogP contribution in [0.5, 0.6) is 0 Å². The third-order valence-corrected chi connectivity index (χ3v) is 3.84. The van der Waals surface area contributed by atoms with E-state index in [4.69, 9.17) is 0 Å². The molecule has 0 fully saturated rings. The molecule has 0 spiro atoms. The molecular formula is C15H9BrFNO2. The first-order valence-electron chi connectivity index (χ1n) is 5.95. The van der Waals surface area contributed by atoms with Gasteiger partial charge in [-0.25, -0.2) is 9.29 Å². The van der Waals surface area contributed by atoms with E-state index in [0.717, 1.165) is 4.90 Å². The fourth-order valence-corrected chi connectivity index (χ4v) is 2.66. The van der Waals surface area contributed by atoms with Gasteiger partial charge in [-0.2, -0.15) is 0 Å². The summed E-state index contributed by atoms with van der Waals surface area (Å²) in [5.74, 6) is -1.29. The van der Waals surface area contributed by atoms with Crippen molar-refractivity contribution in [3.63, 3.8) is 0 Å². The van der Waals surface area contributed by atoms with Crippen molar-refractivity contribution in [2.75, 3.05) is 4.90 Å². The highest BCUT2D eigenvalue weighted by atomic mass is 79.9. The molecule has 0 aromatic heterocycles. The van der Waals surface area contributed by atoms with Gasteiger partial charge in [0, 0.05) is 5.33 Å². The molecular weight excluding hydrogens is 325 g/mol. The van der Waals surface area contributed by atoms with Crippen LogP contribution in [-0.4, -0.2) is 11.8 Å². The summed E-state index contributed by atoms with van der Waals surface area (Å²) in [5.41, 5.74) is 1.42. The lowest BCUT2D eigenvalue weighted by Crippen LogP contribution is -2.29. The number of carbonyl (C=O) groups is 2. The van der Waals surface area contributed by atoms with Crippen molar-refractivity contribution >= 4 is 33.4 Å². The van der Waals surface area contributed by atoms with E-state index in [1.165, 1.54) is 6.07 Å². The summed E-state index contributed by atoms with van der Waals surface area (Å²) in [6.45, 7) is 0. The number of fused-ring (bicyclic) bond motifs is 1. The molecule has 2 aromatic rings. The Morgan fingerprint density at radius 1 is 1.00 bits per heavy atom. The highest BCUT2D eigenvalue weighted by Crippen LogP contribution is 2.29. The van der Waals surface area contributed by atoms with Crippen LogP contribution in [0.3, 0.4) is 0 Å². The quantitative estimate of drug-likeness (QED) is 0.622. The fourth-order valence-electron chi connectivity index (χ4n) is 2.21. The summed E-state index contributed by atoms with van der Waals surface area (Å²) in [7, 11) is 0. The normalized spacial score (nSPS) is 13.8. The van der Waals surface area contributed by atoms with Crippen LogP contribution in [0.2, 0.25) is 0 Å². The summed E-state index contributed by atoms with van der Waals surface area (Å²) < 4.78 is 13.8. The smallest absolute Gasteiger partial charge is 0.266 e. The number of amides is 2. The van der Waals surface area contributed by atoms with Crippen molar-refractivity contribution in [2.45, 2.75) is 5.33 Å². The minimum Gasteiger partial charge on any atom is -0.268 e. The maximum atomic E-state index is 13.8. The fraction of sp³-hybridized carbons (Fsp3) is 0.0667. The Morgan fingerprint density at radius 2 is 1.60 bits per heavy atom. The van der Waals surface area contributed by atoms with Gasteiger partial charge >= 0.3 is 0 Å². The largest absolute Gasteiger partial charge is 0.268 e. The lowest BCUT2D eigenvalue weighted by atomic mass is 10.1. The van der Waals surface area contributed by atoms with Crippen molar-refractivity contribution < 1.29 is 14.0 Å². The van der Waals surface area contributed by atoms with E-state index < -0.39 is 17.6 Å². The highest BCUT2D eigenvalue weighted by molar-refractivity contribution is 9.08. The molecule has 3 nitrogen and oxygen atoms in total. The van der Waals surface area contributed by atoms with Crippen LogP contribution in [0.4, 0.5) is 10.1 Å². The number of carbonyl (C=O) groups excluding carboxylic acids is 2. The SMILES string of the molecule is O=C1c2ccccc2C(=O)N1c1ccc(CBr)c(F)c1. The molecule has 0 saturated heterocycles. The molecule has 1 aliphatic heterocycles. The Hall–Kier alpha value is -2.01. The first-order chi connectivity index (χ1) is 9.63.